The van der Waals surface area contributed by atoms with E-state index in [0.717, 1.165) is 55.0 Å². The number of nitrogens with zero attached hydrogens (tertiary/aromatic N) is 3. The first-order valence-corrected chi connectivity index (χ1v) is 9.18. The van der Waals surface area contributed by atoms with E-state index in [1.807, 2.05) is 37.9 Å². The van der Waals surface area contributed by atoms with Crippen LogP contribution in [0.25, 0.3) is 0 Å². The zero-order valence-corrected chi connectivity index (χ0v) is 16.0. The average Bonchev–Trinajstić information content (AvgIpc) is 3.04. The summed E-state index contributed by atoms with van der Waals surface area (Å²) in [6.07, 6.45) is 4.17. The molecule has 1 atom stereocenters. The average molecular weight is 360 g/mol. The van der Waals surface area contributed by atoms with E-state index in [-0.39, 0.29) is 12.1 Å². The van der Waals surface area contributed by atoms with Crippen LogP contribution in [0.3, 0.4) is 0 Å². The molecule has 0 unspecified atom stereocenters. The third kappa shape index (κ3) is 3.71. The standard InChI is InChI=1S/C19H28N4O3/c1-13-9-10-17(26-13)16-8-6-5-7-11-23(16)19(24)20-12-15-14(2)21-22(3)18(15)25-4/h9-10,16H,5-8,11-12H2,1-4H3,(H,20,24)/t16-/m0/s1. The minimum Gasteiger partial charge on any atom is -0.481 e. The summed E-state index contributed by atoms with van der Waals surface area (Å²) in [6, 6.07) is 3.86. The fraction of sp³-hybridized carbons (Fsp3) is 0.579. The largest absolute Gasteiger partial charge is 0.481 e. The lowest BCUT2D eigenvalue weighted by atomic mass is 10.1. The van der Waals surface area contributed by atoms with Crippen LogP contribution in [0.2, 0.25) is 0 Å². The van der Waals surface area contributed by atoms with Gasteiger partial charge >= 0.3 is 6.03 Å². The van der Waals surface area contributed by atoms with Crippen molar-refractivity contribution in [3.05, 3.63) is 34.9 Å². The van der Waals surface area contributed by atoms with Gasteiger partial charge in [0.1, 0.15) is 11.5 Å². The van der Waals surface area contributed by atoms with Crippen molar-refractivity contribution in [2.75, 3.05) is 13.7 Å². The van der Waals surface area contributed by atoms with Gasteiger partial charge in [-0.2, -0.15) is 5.10 Å². The number of hydrogen-bond donors (Lipinski definition) is 1. The number of carbonyl (C=O) groups is 1. The van der Waals surface area contributed by atoms with Gasteiger partial charge in [0.15, 0.2) is 0 Å². The minimum absolute atomic E-state index is 0.0110. The first kappa shape index (κ1) is 18.4. The number of amides is 2. The van der Waals surface area contributed by atoms with Crippen molar-refractivity contribution in [2.24, 2.45) is 7.05 Å². The van der Waals surface area contributed by atoms with Gasteiger partial charge in [0, 0.05) is 13.6 Å². The Morgan fingerprint density at radius 2 is 2.15 bits per heavy atom. The predicted molar refractivity (Wildman–Crippen MR) is 98.1 cm³/mol. The summed E-state index contributed by atoms with van der Waals surface area (Å²) in [5, 5.41) is 7.41. The highest BCUT2D eigenvalue weighted by molar-refractivity contribution is 5.74. The molecule has 3 rings (SSSR count). The van der Waals surface area contributed by atoms with Crippen molar-refractivity contribution in [2.45, 2.75) is 52.1 Å². The summed E-state index contributed by atoms with van der Waals surface area (Å²) in [6.45, 7) is 4.98. The Labute approximate surface area is 154 Å². The van der Waals surface area contributed by atoms with E-state index in [4.69, 9.17) is 9.15 Å². The van der Waals surface area contributed by atoms with Gasteiger partial charge in [-0.25, -0.2) is 9.48 Å². The van der Waals surface area contributed by atoms with Crippen LogP contribution in [0.1, 0.15) is 54.5 Å². The molecule has 0 aliphatic carbocycles. The predicted octanol–water partition coefficient (Wildman–Crippen LogP) is 3.47. The normalized spacial score (nSPS) is 17.8. The van der Waals surface area contributed by atoms with Crippen LogP contribution >= 0.6 is 0 Å². The molecular weight excluding hydrogens is 332 g/mol. The maximum Gasteiger partial charge on any atom is 0.318 e. The molecule has 2 amide bonds. The Hall–Kier alpha value is -2.44. The van der Waals surface area contributed by atoms with E-state index in [1.165, 1.54) is 0 Å². The number of methoxy groups -OCH3 is 1. The molecule has 0 bridgehead atoms. The molecule has 2 aromatic rings. The molecule has 2 aromatic heterocycles. The molecular formula is C19H28N4O3. The van der Waals surface area contributed by atoms with Crippen molar-refractivity contribution in [1.29, 1.82) is 0 Å². The minimum atomic E-state index is -0.0729. The first-order chi connectivity index (χ1) is 12.5. The van der Waals surface area contributed by atoms with E-state index in [0.29, 0.717) is 12.4 Å². The van der Waals surface area contributed by atoms with Crippen LogP contribution < -0.4 is 10.1 Å². The lowest BCUT2D eigenvalue weighted by molar-refractivity contribution is 0.165. The molecule has 142 valence electrons. The lowest BCUT2D eigenvalue weighted by Crippen LogP contribution is -2.41. The fourth-order valence-corrected chi connectivity index (χ4v) is 3.68. The number of ether oxygens (including phenoxy) is 1. The monoisotopic (exact) mass is 360 g/mol. The molecule has 0 saturated carbocycles. The highest BCUT2D eigenvalue weighted by Crippen LogP contribution is 2.31. The second-order valence-electron chi connectivity index (χ2n) is 6.86. The molecule has 1 aliphatic heterocycles. The molecule has 7 heteroatoms. The van der Waals surface area contributed by atoms with E-state index < -0.39 is 0 Å². The number of rotatable bonds is 4. The number of likely N-dealkylation sites (tertiary alicyclic amines) is 1. The Bertz CT molecular complexity index is 765. The number of nitrogens with one attached hydrogen (secondary N) is 1. The van der Waals surface area contributed by atoms with Crippen LogP contribution in [-0.2, 0) is 13.6 Å². The van der Waals surface area contributed by atoms with Gasteiger partial charge in [-0.3, -0.25) is 0 Å². The van der Waals surface area contributed by atoms with Crippen molar-refractivity contribution < 1.29 is 13.9 Å². The number of hydrogen-bond acceptors (Lipinski definition) is 4. The van der Waals surface area contributed by atoms with Gasteiger partial charge in [-0.1, -0.05) is 12.8 Å². The fourth-order valence-electron chi connectivity index (χ4n) is 3.68. The van der Waals surface area contributed by atoms with Crippen molar-refractivity contribution in [3.63, 3.8) is 0 Å². The quantitative estimate of drug-likeness (QED) is 0.906. The molecule has 0 radical (unpaired) electrons. The second-order valence-corrected chi connectivity index (χ2v) is 6.86. The van der Waals surface area contributed by atoms with Crippen LogP contribution in [0.15, 0.2) is 16.5 Å². The molecule has 3 heterocycles. The Balaban J connectivity index is 1.74. The zero-order chi connectivity index (χ0) is 18.7. The molecule has 1 fully saturated rings. The van der Waals surface area contributed by atoms with Crippen molar-refractivity contribution >= 4 is 6.03 Å². The van der Waals surface area contributed by atoms with E-state index in [9.17, 15) is 4.79 Å². The van der Waals surface area contributed by atoms with Gasteiger partial charge in [0.05, 0.1) is 31.0 Å². The van der Waals surface area contributed by atoms with Crippen LogP contribution in [-0.4, -0.2) is 34.4 Å². The summed E-state index contributed by atoms with van der Waals surface area (Å²) in [5.74, 6) is 2.42. The molecule has 7 nitrogen and oxygen atoms in total. The molecule has 0 aromatic carbocycles. The molecule has 1 aliphatic rings. The topological polar surface area (TPSA) is 72.5 Å². The van der Waals surface area contributed by atoms with Gasteiger partial charge in [-0.15, -0.1) is 0 Å². The van der Waals surface area contributed by atoms with Crippen LogP contribution in [0.5, 0.6) is 5.88 Å². The maximum absolute atomic E-state index is 12.9. The van der Waals surface area contributed by atoms with Gasteiger partial charge in [0.25, 0.3) is 0 Å². The van der Waals surface area contributed by atoms with Crippen LogP contribution in [0.4, 0.5) is 4.79 Å². The third-order valence-corrected chi connectivity index (χ3v) is 5.00. The van der Waals surface area contributed by atoms with Crippen LogP contribution in [0, 0.1) is 13.8 Å². The number of urea groups is 1. The molecule has 0 spiro atoms. The summed E-state index contributed by atoms with van der Waals surface area (Å²) in [7, 11) is 3.45. The Morgan fingerprint density at radius 3 is 2.85 bits per heavy atom. The SMILES string of the molecule is COc1c(CNC(=O)N2CCCCC[C@H]2c2ccc(C)o2)c(C)nn1C. The van der Waals surface area contributed by atoms with E-state index >= 15 is 0 Å². The Morgan fingerprint density at radius 1 is 1.35 bits per heavy atom. The zero-order valence-electron chi connectivity index (χ0n) is 16.0. The van der Waals surface area contributed by atoms with Gasteiger partial charge < -0.3 is 19.4 Å². The molecule has 1 saturated heterocycles. The number of carbonyl (C=O) groups excluding carboxylic acids is 1. The summed E-state index contributed by atoms with van der Waals surface area (Å²) >= 11 is 0. The number of furan rings is 1. The highest BCUT2D eigenvalue weighted by atomic mass is 16.5. The summed E-state index contributed by atoms with van der Waals surface area (Å²) in [5.41, 5.74) is 1.77. The second kappa shape index (κ2) is 7.85. The Kier molecular flexibility index (Phi) is 5.54. The van der Waals surface area contributed by atoms with Gasteiger partial charge in [-0.05, 0) is 38.8 Å². The molecule has 1 N–H and O–H groups in total. The summed E-state index contributed by atoms with van der Waals surface area (Å²) < 4.78 is 12.9. The highest BCUT2D eigenvalue weighted by Gasteiger charge is 2.29. The number of aromatic nitrogens is 2. The lowest BCUT2D eigenvalue weighted by Gasteiger charge is -2.28. The van der Waals surface area contributed by atoms with Crippen molar-refractivity contribution in [3.8, 4) is 5.88 Å². The maximum atomic E-state index is 12.9. The van der Waals surface area contributed by atoms with Crippen molar-refractivity contribution in [1.82, 2.24) is 20.0 Å². The van der Waals surface area contributed by atoms with E-state index in [2.05, 4.69) is 10.4 Å². The third-order valence-electron chi connectivity index (χ3n) is 5.00. The van der Waals surface area contributed by atoms with E-state index in [1.54, 1.807) is 11.8 Å². The first-order valence-electron chi connectivity index (χ1n) is 9.18. The van der Waals surface area contributed by atoms with Gasteiger partial charge in [0.2, 0.25) is 5.88 Å². The number of aryl methyl sites for hydroxylation is 3. The molecule has 26 heavy (non-hydrogen) atoms. The summed E-state index contributed by atoms with van der Waals surface area (Å²) in [4.78, 5) is 14.8. The smallest absolute Gasteiger partial charge is 0.318 e.